The highest BCUT2D eigenvalue weighted by Crippen LogP contribution is 2.72. The van der Waals surface area contributed by atoms with Crippen LogP contribution in [0.15, 0.2) is 18.2 Å². The maximum Gasteiger partial charge on any atom is 0.227 e. The summed E-state index contributed by atoms with van der Waals surface area (Å²) in [6, 6.07) is 4.83. The van der Waals surface area contributed by atoms with E-state index in [4.69, 9.17) is 4.74 Å². The maximum absolute atomic E-state index is 13.9. The summed E-state index contributed by atoms with van der Waals surface area (Å²) in [6.07, 6.45) is 11.0. The van der Waals surface area contributed by atoms with Gasteiger partial charge in [0.1, 0.15) is 5.82 Å². The van der Waals surface area contributed by atoms with Crippen molar-refractivity contribution in [3.05, 3.63) is 29.6 Å². The molecule has 0 aromatic heterocycles. The first-order chi connectivity index (χ1) is 19.5. The number of amides is 1. The van der Waals surface area contributed by atoms with Crippen LogP contribution in [0.2, 0.25) is 0 Å². The van der Waals surface area contributed by atoms with Gasteiger partial charge in [-0.2, -0.15) is 0 Å². The van der Waals surface area contributed by atoms with Gasteiger partial charge in [-0.05, 0) is 149 Å². The van der Waals surface area contributed by atoms with E-state index in [0.29, 0.717) is 48.3 Å². The molecule has 0 bridgehead atoms. The fourth-order valence-corrected chi connectivity index (χ4v) is 12.2. The van der Waals surface area contributed by atoms with E-state index in [1.54, 1.807) is 12.1 Å². The van der Waals surface area contributed by atoms with Gasteiger partial charge in [0.2, 0.25) is 5.91 Å². The molecule has 1 aromatic carbocycles. The molecule has 0 radical (unpaired) electrons. The number of nitrogens with zero attached hydrogens (tertiary/aromatic N) is 1. The average molecular weight is 568 g/mol. The molecular formula is C35H50FNO4. The molecule has 1 heterocycles. The molecule has 1 aromatic rings. The molecule has 7 rings (SSSR count). The van der Waals surface area contributed by atoms with E-state index in [0.717, 1.165) is 69.0 Å². The Hall–Kier alpha value is -1.50. The number of aliphatic hydroxyl groups is 2. The van der Waals surface area contributed by atoms with Gasteiger partial charge in [0.05, 0.1) is 18.3 Å². The maximum atomic E-state index is 13.9. The number of anilines is 1. The van der Waals surface area contributed by atoms with Crippen LogP contribution in [-0.4, -0.2) is 47.1 Å². The number of methoxy groups -OCH3 is 1. The Morgan fingerprint density at radius 3 is 2.59 bits per heavy atom. The van der Waals surface area contributed by atoms with Crippen molar-refractivity contribution in [1.82, 2.24) is 0 Å². The normalized spacial score (nSPS) is 45.9. The predicted octanol–water partition coefficient (Wildman–Crippen LogP) is 6.28. The first-order valence-corrected chi connectivity index (χ1v) is 16.5. The van der Waals surface area contributed by atoms with E-state index in [-0.39, 0.29) is 46.4 Å². The molecule has 0 unspecified atom stereocenters. The molecule has 5 saturated carbocycles. The van der Waals surface area contributed by atoms with Crippen LogP contribution in [0, 0.1) is 52.2 Å². The summed E-state index contributed by atoms with van der Waals surface area (Å²) in [7, 11) is 1.91. The number of aliphatic hydroxyl groups excluding tert-OH is 2. The lowest BCUT2D eigenvalue weighted by atomic mass is 9.43. The second-order valence-corrected chi connectivity index (χ2v) is 15.8. The molecule has 0 saturated heterocycles. The van der Waals surface area contributed by atoms with Crippen LogP contribution in [-0.2, 0) is 16.0 Å². The Morgan fingerprint density at radius 2 is 1.80 bits per heavy atom. The largest absolute Gasteiger partial charge is 0.393 e. The van der Waals surface area contributed by atoms with E-state index >= 15 is 0 Å². The lowest BCUT2D eigenvalue weighted by molar-refractivity contribution is -0.211. The zero-order valence-electron chi connectivity index (χ0n) is 25.4. The van der Waals surface area contributed by atoms with Gasteiger partial charge in [0.15, 0.2) is 0 Å². The summed E-state index contributed by atoms with van der Waals surface area (Å²) in [5.74, 6) is 2.62. The van der Waals surface area contributed by atoms with Gasteiger partial charge in [-0.25, -0.2) is 4.39 Å². The quantitative estimate of drug-likeness (QED) is 0.449. The Balaban J connectivity index is 1.10. The number of hydrogen-bond donors (Lipinski definition) is 2. The summed E-state index contributed by atoms with van der Waals surface area (Å²) >= 11 is 0. The first-order valence-electron chi connectivity index (χ1n) is 16.5. The lowest BCUT2D eigenvalue weighted by Crippen LogP contribution is -2.62. The summed E-state index contributed by atoms with van der Waals surface area (Å²) in [5, 5.41) is 22.1. The zero-order chi connectivity index (χ0) is 28.9. The molecule has 6 heteroatoms. The van der Waals surface area contributed by atoms with Crippen molar-refractivity contribution in [1.29, 1.82) is 0 Å². The number of hydrogen-bond acceptors (Lipinski definition) is 4. The van der Waals surface area contributed by atoms with Gasteiger partial charge < -0.3 is 19.8 Å². The number of ether oxygens (including phenoxy) is 1. The minimum atomic E-state index is -0.345. The van der Waals surface area contributed by atoms with Crippen LogP contribution in [0.5, 0.6) is 0 Å². The van der Waals surface area contributed by atoms with E-state index < -0.39 is 0 Å². The summed E-state index contributed by atoms with van der Waals surface area (Å²) in [4.78, 5) is 15.7. The third kappa shape index (κ3) is 4.05. The van der Waals surface area contributed by atoms with Crippen molar-refractivity contribution in [2.24, 2.45) is 46.3 Å². The van der Waals surface area contributed by atoms with E-state index in [1.807, 2.05) is 12.0 Å². The van der Waals surface area contributed by atoms with Gasteiger partial charge >= 0.3 is 0 Å². The second kappa shape index (κ2) is 9.75. The van der Waals surface area contributed by atoms with Gasteiger partial charge in [-0.1, -0.05) is 6.92 Å². The van der Waals surface area contributed by atoms with Gasteiger partial charge in [0, 0.05) is 30.2 Å². The van der Waals surface area contributed by atoms with E-state index in [1.165, 1.54) is 12.5 Å². The number of carbonyl (C=O) groups is 1. The SMILES string of the molecule is CO[C@H]1C[C@H]2[C@@H]([C@H](O)C[C@@H]3C[C@H](O)CC[C@@]32C)[C@@H]2CC[C@@H]3[C@@H](CCC(=O)N4c5ccc(F)cc5CC4(C)C)CC[C@@]132. The van der Waals surface area contributed by atoms with Crippen molar-refractivity contribution in [3.63, 3.8) is 0 Å². The Kier molecular flexibility index (Phi) is 6.73. The molecule has 5 fully saturated rings. The topological polar surface area (TPSA) is 70.0 Å². The molecule has 5 nitrogen and oxygen atoms in total. The lowest BCUT2D eigenvalue weighted by Gasteiger charge is -2.64. The average Bonchev–Trinajstić information content (AvgIpc) is 3.55. The molecule has 226 valence electrons. The monoisotopic (exact) mass is 567 g/mol. The number of rotatable bonds is 4. The molecule has 11 atom stereocenters. The molecule has 6 aliphatic rings. The summed E-state index contributed by atoms with van der Waals surface area (Å²) in [6.45, 7) is 6.63. The summed E-state index contributed by atoms with van der Waals surface area (Å²) in [5.41, 5.74) is 1.74. The fraction of sp³-hybridized carbons (Fsp3) is 0.800. The van der Waals surface area contributed by atoms with Crippen LogP contribution in [0.4, 0.5) is 10.1 Å². The molecule has 41 heavy (non-hydrogen) atoms. The number of halogens is 1. The van der Waals surface area contributed by atoms with E-state index in [2.05, 4.69) is 20.8 Å². The molecule has 1 spiro atoms. The second-order valence-electron chi connectivity index (χ2n) is 15.8. The molecule has 1 aliphatic heterocycles. The Morgan fingerprint density at radius 1 is 1.02 bits per heavy atom. The van der Waals surface area contributed by atoms with Crippen molar-refractivity contribution in [2.45, 2.75) is 122 Å². The van der Waals surface area contributed by atoms with Crippen molar-refractivity contribution >= 4 is 11.6 Å². The number of carbonyl (C=O) groups excluding carboxylic acids is 1. The fourth-order valence-electron chi connectivity index (χ4n) is 12.2. The molecular weight excluding hydrogens is 517 g/mol. The van der Waals surface area contributed by atoms with Crippen molar-refractivity contribution in [2.75, 3.05) is 12.0 Å². The van der Waals surface area contributed by atoms with Gasteiger partial charge in [0.25, 0.3) is 0 Å². The van der Waals surface area contributed by atoms with Gasteiger partial charge in [-0.15, -0.1) is 0 Å². The smallest absolute Gasteiger partial charge is 0.227 e. The predicted molar refractivity (Wildman–Crippen MR) is 157 cm³/mol. The highest BCUT2D eigenvalue weighted by molar-refractivity contribution is 5.97. The van der Waals surface area contributed by atoms with Crippen molar-refractivity contribution < 1.29 is 24.1 Å². The van der Waals surface area contributed by atoms with Gasteiger partial charge in [-0.3, -0.25) is 4.79 Å². The highest BCUT2D eigenvalue weighted by Gasteiger charge is 2.69. The summed E-state index contributed by atoms with van der Waals surface area (Å²) < 4.78 is 20.4. The van der Waals surface area contributed by atoms with Crippen LogP contribution in [0.25, 0.3) is 0 Å². The Labute approximate surface area is 245 Å². The van der Waals surface area contributed by atoms with Crippen LogP contribution >= 0.6 is 0 Å². The third-order valence-corrected chi connectivity index (χ3v) is 13.8. The molecule has 1 amide bonds. The number of benzene rings is 1. The highest BCUT2D eigenvalue weighted by atomic mass is 19.1. The number of fused-ring (bicyclic) bond motifs is 5. The standard InChI is InChI=1S/C35H50FNO4/c1-33(2)19-21-15-23(36)6-9-28(21)37(33)31(40)10-5-20-11-14-35-25(20)7-8-26(35)32-27(18-30(35)41-4)34(3)13-12-24(38)16-22(34)17-29(32)39/h6,9,15,20,22,24-27,29-30,32,38-39H,5,7-8,10-14,16-19H2,1-4H3/t20-,22-,24+,25+,26-,27-,29+,30-,32-,34-,35+/m0/s1. The Bertz CT molecular complexity index is 1200. The molecule has 5 aliphatic carbocycles. The first kappa shape index (κ1) is 28.3. The van der Waals surface area contributed by atoms with Crippen molar-refractivity contribution in [3.8, 4) is 0 Å². The van der Waals surface area contributed by atoms with Crippen LogP contribution in [0.1, 0.15) is 97.0 Å². The minimum absolute atomic E-state index is 0.110. The van der Waals surface area contributed by atoms with Crippen LogP contribution in [0.3, 0.4) is 0 Å². The molecule has 2 N–H and O–H groups in total. The van der Waals surface area contributed by atoms with Crippen LogP contribution < -0.4 is 4.90 Å². The minimum Gasteiger partial charge on any atom is -0.393 e. The third-order valence-electron chi connectivity index (χ3n) is 13.8. The van der Waals surface area contributed by atoms with E-state index in [9.17, 15) is 19.4 Å². The zero-order valence-corrected chi connectivity index (χ0v) is 25.4.